The van der Waals surface area contributed by atoms with E-state index in [9.17, 15) is 9.18 Å². The molecular formula is C13H16ClFO. The number of Topliss-reactive ketones (excluding diaryl/α,β-unsaturated/α-hetero) is 1. The Morgan fingerprint density at radius 3 is 2.75 bits per heavy atom. The van der Waals surface area contributed by atoms with Crippen molar-refractivity contribution in [3.63, 3.8) is 0 Å². The standard InChI is InChI=1S/C13H16ClFO/c1-3-5-9(2)13(16)8-10-11(14)6-4-7-12(10)15/h4,6-7,9H,3,5,8H2,1-2H3. The molecule has 0 saturated carbocycles. The van der Waals surface area contributed by atoms with Crippen LogP contribution in [0, 0.1) is 11.7 Å². The zero-order valence-electron chi connectivity index (χ0n) is 9.59. The Morgan fingerprint density at radius 1 is 1.50 bits per heavy atom. The third kappa shape index (κ3) is 3.31. The lowest BCUT2D eigenvalue weighted by molar-refractivity contribution is -0.121. The highest BCUT2D eigenvalue weighted by Crippen LogP contribution is 2.21. The molecule has 0 bridgehead atoms. The molecule has 1 unspecified atom stereocenters. The maximum atomic E-state index is 13.4. The van der Waals surface area contributed by atoms with Crippen molar-refractivity contribution in [2.75, 3.05) is 0 Å². The minimum absolute atomic E-state index is 0.0272. The second-order valence-electron chi connectivity index (χ2n) is 4.03. The average Bonchev–Trinajstić information content (AvgIpc) is 2.23. The highest BCUT2D eigenvalue weighted by atomic mass is 35.5. The predicted molar refractivity (Wildman–Crippen MR) is 64.2 cm³/mol. The van der Waals surface area contributed by atoms with Gasteiger partial charge in [0.15, 0.2) is 0 Å². The van der Waals surface area contributed by atoms with Crippen LogP contribution in [0.1, 0.15) is 32.3 Å². The molecule has 1 aromatic rings. The summed E-state index contributed by atoms with van der Waals surface area (Å²) in [5.41, 5.74) is 0.317. The zero-order chi connectivity index (χ0) is 12.1. The van der Waals surface area contributed by atoms with E-state index >= 15 is 0 Å². The number of benzene rings is 1. The van der Waals surface area contributed by atoms with Crippen molar-refractivity contribution >= 4 is 17.4 Å². The summed E-state index contributed by atoms with van der Waals surface area (Å²) in [7, 11) is 0. The van der Waals surface area contributed by atoms with Crippen LogP contribution in [0.5, 0.6) is 0 Å². The quantitative estimate of drug-likeness (QED) is 0.762. The van der Waals surface area contributed by atoms with Crippen LogP contribution in [-0.4, -0.2) is 5.78 Å². The van der Waals surface area contributed by atoms with Crippen LogP contribution in [0.25, 0.3) is 0 Å². The molecule has 0 aliphatic rings. The summed E-state index contributed by atoms with van der Waals surface area (Å²) in [6.07, 6.45) is 1.88. The number of hydrogen-bond donors (Lipinski definition) is 0. The minimum Gasteiger partial charge on any atom is -0.299 e. The summed E-state index contributed by atoms with van der Waals surface area (Å²) in [5, 5.41) is 0.331. The van der Waals surface area contributed by atoms with Gasteiger partial charge in [-0.25, -0.2) is 4.39 Å². The molecule has 0 aromatic heterocycles. The second-order valence-corrected chi connectivity index (χ2v) is 4.44. The molecule has 1 rings (SSSR count). The van der Waals surface area contributed by atoms with Crippen molar-refractivity contribution in [1.82, 2.24) is 0 Å². The second kappa shape index (κ2) is 6.00. The Bertz CT molecular complexity index is 356. The highest BCUT2D eigenvalue weighted by Gasteiger charge is 2.16. The van der Waals surface area contributed by atoms with Crippen LogP contribution < -0.4 is 0 Å². The molecule has 1 nitrogen and oxygen atoms in total. The summed E-state index contributed by atoms with van der Waals surface area (Å²) in [4.78, 5) is 11.8. The lowest BCUT2D eigenvalue weighted by atomic mass is 9.95. The third-order valence-corrected chi connectivity index (χ3v) is 3.04. The minimum atomic E-state index is -0.399. The van der Waals surface area contributed by atoms with Crippen molar-refractivity contribution in [3.05, 3.63) is 34.6 Å². The molecule has 0 N–H and O–H groups in total. The van der Waals surface area contributed by atoms with Gasteiger partial charge in [0, 0.05) is 22.9 Å². The topological polar surface area (TPSA) is 17.1 Å². The van der Waals surface area contributed by atoms with E-state index < -0.39 is 5.82 Å². The number of rotatable bonds is 5. The van der Waals surface area contributed by atoms with Crippen LogP contribution in [0.4, 0.5) is 4.39 Å². The van der Waals surface area contributed by atoms with E-state index in [2.05, 4.69) is 0 Å². The van der Waals surface area contributed by atoms with Crippen LogP contribution in [0.3, 0.4) is 0 Å². The molecule has 0 aliphatic carbocycles. The smallest absolute Gasteiger partial charge is 0.140 e. The molecule has 1 atom stereocenters. The van der Waals surface area contributed by atoms with Gasteiger partial charge in [-0.1, -0.05) is 37.9 Å². The van der Waals surface area contributed by atoms with Crippen molar-refractivity contribution in [2.45, 2.75) is 33.1 Å². The fourth-order valence-electron chi connectivity index (χ4n) is 1.64. The summed E-state index contributed by atoms with van der Waals surface area (Å²) in [6, 6.07) is 4.48. The maximum absolute atomic E-state index is 13.4. The van der Waals surface area contributed by atoms with E-state index in [4.69, 9.17) is 11.6 Å². The van der Waals surface area contributed by atoms with Crippen molar-refractivity contribution in [2.24, 2.45) is 5.92 Å². The van der Waals surface area contributed by atoms with Gasteiger partial charge in [-0.3, -0.25) is 4.79 Å². The average molecular weight is 243 g/mol. The van der Waals surface area contributed by atoms with Crippen LogP contribution >= 0.6 is 11.6 Å². The molecule has 16 heavy (non-hydrogen) atoms. The fourth-order valence-corrected chi connectivity index (χ4v) is 1.87. The van der Waals surface area contributed by atoms with E-state index in [1.54, 1.807) is 12.1 Å². The zero-order valence-corrected chi connectivity index (χ0v) is 10.4. The molecule has 0 saturated heterocycles. The Morgan fingerprint density at radius 2 is 2.19 bits per heavy atom. The van der Waals surface area contributed by atoms with Crippen molar-refractivity contribution in [3.8, 4) is 0 Å². The van der Waals surface area contributed by atoms with Gasteiger partial charge in [0.05, 0.1) is 0 Å². The van der Waals surface area contributed by atoms with Crippen molar-refractivity contribution in [1.29, 1.82) is 0 Å². The molecule has 0 aliphatic heterocycles. The summed E-state index contributed by atoms with van der Waals surface area (Å²) >= 11 is 5.86. The number of halogens is 2. The first kappa shape index (κ1) is 13.2. The molecule has 0 spiro atoms. The number of hydrogen-bond acceptors (Lipinski definition) is 1. The van der Waals surface area contributed by atoms with Gasteiger partial charge in [-0.15, -0.1) is 0 Å². The van der Waals surface area contributed by atoms with E-state index in [-0.39, 0.29) is 18.1 Å². The normalized spacial score (nSPS) is 12.5. The molecule has 0 fully saturated rings. The lowest BCUT2D eigenvalue weighted by Crippen LogP contribution is -2.14. The molecule has 0 amide bonds. The van der Waals surface area contributed by atoms with Gasteiger partial charge >= 0.3 is 0 Å². The Balaban J connectivity index is 2.77. The van der Waals surface area contributed by atoms with Gasteiger partial charge in [0.25, 0.3) is 0 Å². The lowest BCUT2D eigenvalue weighted by Gasteiger charge is -2.10. The van der Waals surface area contributed by atoms with Crippen LogP contribution in [-0.2, 0) is 11.2 Å². The number of carbonyl (C=O) groups excluding carboxylic acids is 1. The molecule has 0 radical (unpaired) electrons. The van der Waals surface area contributed by atoms with Crippen LogP contribution in [0.2, 0.25) is 5.02 Å². The van der Waals surface area contributed by atoms with E-state index in [0.29, 0.717) is 10.6 Å². The van der Waals surface area contributed by atoms with E-state index in [1.807, 2.05) is 13.8 Å². The van der Waals surface area contributed by atoms with Gasteiger partial charge in [-0.05, 0) is 18.6 Å². The van der Waals surface area contributed by atoms with Crippen LogP contribution in [0.15, 0.2) is 18.2 Å². The first-order chi connectivity index (χ1) is 7.56. The summed E-state index contributed by atoms with van der Waals surface area (Å²) in [6.45, 7) is 3.90. The molecule has 1 aromatic carbocycles. The van der Waals surface area contributed by atoms with E-state index in [0.717, 1.165) is 12.8 Å². The molecular weight excluding hydrogens is 227 g/mol. The Labute approximate surface area is 101 Å². The molecule has 0 heterocycles. The largest absolute Gasteiger partial charge is 0.299 e. The monoisotopic (exact) mass is 242 g/mol. The summed E-state index contributed by atoms with van der Waals surface area (Å²) < 4.78 is 13.4. The Hall–Kier alpha value is -0.890. The first-order valence-corrected chi connectivity index (χ1v) is 5.89. The maximum Gasteiger partial charge on any atom is 0.140 e. The summed E-state index contributed by atoms with van der Waals surface area (Å²) in [5.74, 6) is -0.376. The molecule has 3 heteroatoms. The van der Waals surface area contributed by atoms with Gasteiger partial charge in [0.1, 0.15) is 11.6 Å². The van der Waals surface area contributed by atoms with Crippen molar-refractivity contribution < 1.29 is 9.18 Å². The van der Waals surface area contributed by atoms with Gasteiger partial charge in [0.2, 0.25) is 0 Å². The highest BCUT2D eigenvalue weighted by molar-refractivity contribution is 6.31. The van der Waals surface area contributed by atoms with Gasteiger partial charge in [-0.2, -0.15) is 0 Å². The van der Waals surface area contributed by atoms with Gasteiger partial charge < -0.3 is 0 Å². The SMILES string of the molecule is CCCC(C)C(=O)Cc1c(F)cccc1Cl. The fraction of sp³-hybridized carbons (Fsp3) is 0.462. The Kier molecular flexibility index (Phi) is 4.94. The number of ketones is 1. The third-order valence-electron chi connectivity index (χ3n) is 2.68. The van der Waals surface area contributed by atoms with E-state index in [1.165, 1.54) is 6.07 Å². The molecule has 88 valence electrons. The predicted octanol–water partition coefficient (Wildman–Crippen LogP) is 4.03. The first-order valence-electron chi connectivity index (χ1n) is 5.51. The number of carbonyl (C=O) groups is 1.